The minimum Gasteiger partial charge on any atom is -0.462 e. The SMILES string of the molecule is CCOC(=O)c1c(NC(=O)C(C)OC(=O)c2cc3c(cc2[N+](=O)[O-])OCO3)sc2c1CCCC2. The van der Waals surface area contributed by atoms with Crippen molar-refractivity contribution in [3.05, 3.63) is 43.8 Å². The molecule has 12 heteroatoms. The quantitative estimate of drug-likeness (QED) is 0.349. The van der Waals surface area contributed by atoms with Gasteiger partial charge in [0.2, 0.25) is 6.79 Å². The second kappa shape index (κ2) is 9.67. The van der Waals surface area contributed by atoms with Crippen molar-refractivity contribution in [2.24, 2.45) is 0 Å². The molecule has 4 rings (SSSR count). The van der Waals surface area contributed by atoms with Crippen LogP contribution in [0.3, 0.4) is 0 Å². The maximum Gasteiger partial charge on any atom is 0.346 e. The van der Waals surface area contributed by atoms with Crippen LogP contribution >= 0.6 is 11.3 Å². The van der Waals surface area contributed by atoms with Crippen LogP contribution in [-0.2, 0) is 27.1 Å². The minimum atomic E-state index is -1.30. The van der Waals surface area contributed by atoms with Gasteiger partial charge in [-0.15, -0.1) is 11.3 Å². The zero-order valence-electron chi connectivity index (χ0n) is 18.5. The summed E-state index contributed by atoms with van der Waals surface area (Å²) in [4.78, 5) is 49.8. The van der Waals surface area contributed by atoms with Gasteiger partial charge in [-0.25, -0.2) is 9.59 Å². The molecule has 34 heavy (non-hydrogen) atoms. The highest BCUT2D eigenvalue weighted by Gasteiger charge is 2.32. The van der Waals surface area contributed by atoms with E-state index in [1.54, 1.807) is 6.92 Å². The molecule has 1 aliphatic carbocycles. The van der Waals surface area contributed by atoms with Gasteiger partial charge in [0.15, 0.2) is 17.6 Å². The van der Waals surface area contributed by atoms with Gasteiger partial charge in [-0.2, -0.15) is 0 Å². The van der Waals surface area contributed by atoms with Crippen molar-refractivity contribution < 1.29 is 38.3 Å². The Labute approximate surface area is 198 Å². The van der Waals surface area contributed by atoms with Crippen LogP contribution in [0.2, 0.25) is 0 Å². The Balaban J connectivity index is 1.52. The first-order valence-electron chi connectivity index (χ1n) is 10.7. The van der Waals surface area contributed by atoms with Crippen LogP contribution in [-0.4, -0.2) is 42.3 Å². The number of nitro benzene ring substituents is 1. The van der Waals surface area contributed by atoms with E-state index in [0.717, 1.165) is 41.8 Å². The second-order valence-corrected chi connectivity index (χ2v) is 8.76. The van der Waals surface area contributed by atoms with Gasteiger partial charge in [-0.3, -0.25) is 14.9 Å². The maximum atomic E-state index is 12.8. The molecule has 0 radical (unpaired) electrons. The van der Waals surface area contributed by atoms with Crippen LogP contribution in [0.1, 0.15) is 57.8 Å². The third-order valence-electron chi connectivity index (χ3n) is 5.45. The molecule has 1 N–H and O–H groups in total. The van der Waals surface area contributed by atoms with Gasteiger partial charge in [0.25, 0.3) is 11.6 Å². The molecule has 180 valence electrons. The first kappa shape index (κ1) is 23.5. The number of aryl methyl sites for hydroxylation is 1. The lowest BCUT2D eigenvalue weighted by Crippen LogP contribution is -2.30. The Hall–Kier alpha value is -3.67. The molecule has 1 aliphatic heterocycles. The van der Waals surface area contributed by atoms with Gasteiger partial charge < -0.3 is 24.3 Å². The maximum absolute atomic E-state index is 12.8. The van der Waals surface area contributed by atoms with Crippen LogP contribution < -0.4 is 14.8 Å². The number of hydrogen-bond acceptors (Lipinski definition) is 10. The van der Waals surface area contributed by atoms with Gasteiger partial charge in [0, 0.05) is 10.9 Å². The van der Waals surface area contributed by atoms with E-state index >= 15 is 0 Å². The number of nitrogens with one attached hydrogen (secondary N) is 1. The molecule has 2 aliphatic rings. The van der Waals surface area contributed by atoms with Crippen molar-refractivity contribution in [2.75, 3.05) is 18.7 Å². The fourth-order valence-electron chi connectivity index (χ4n) is 3.81. The molecule has 0 saturated carbocycles. The summed E-state index contributed by atoms with van der Waals surface area (Å²) in [6, 6.07) is 2.23. The highest BCUT2D eigenvalue weighted by molar-refractivity contribution is 7.17. The molecule has 2 aromatic rings. The number of hydrogen-bond donors (Lipinski definition) is 1. The molecule has 1 unspecified atom stereocenters. The Bertz CT molecular complexity index is 1170. The molecule has 0 saturated heterocycles. The summed E-state index contributed by atoms with van der Waals surface area (Å²) in [5, 5.41) is 14.4. The van der Waals surface area contributed by atoms with Gasteiger partial charge in [0.1, 0.15) is 10.6 Å². The van der Waals surface area contributed by atoms with E-state index in [0.29, 0.717) is 17.0 Å². The summed E-state index contributed by atoms with van der Waals surface area (Å²) < 4.78 is 20.7. The predicted octanol–water partition coefficient (Wildman–Crippen LogP) is 3.62. The molecule has 1 aromatic heterocycles. The highest BCUT2D eigenvalue weighted by atomic mass is 32.1. The second-order valence-electron chi connectivity index (χ2n) is 7.65. The van der Waals surface area contributed by atoms with Crippen molar-refractivity contribution in [2.45, 2.75) is 45.6 Å². The fourth-order valence-corrected chi connectivity index (χ4v) is 5.09. The molecule has 11 nitrogen and oxygen atoms in total. The van der Waals surface area contributed by atoms with Crippen molar-refractivity contribution in [3.63, 3.8) is 0 Å². The zero-order valence-corrected chi connectivity index (χ0v) is 19.3. The number of benzene rings is 1. The van der Waals surface area contributed by atoms with Crippen LogP contribution in [0.25, 0.3) is 0 Å². The summed E-state index contributed by atoms with van der Waals surface area (Å²) in [6.07, 6.45) is 2.15. The molecular formula is C22H22N2O9S. The summed E-state index contributed by atoms with van der Waals surface area (Å²) in [6.45, 7) is 3.10. The molecule has 1 aromatic carbocycles. The largest absolute Gasteiger partial charge is 0.462 e. The number of esters is 2. The summed E-state index contributed by atoms with van der Waals surface area (Å²) in [5.41, 5.74) is 0.315. The number of anilines is 1. The molecular weight excluding hydrogens is 468 g/mol. The number of nitro groups is 1. The lowest BCUT2D eigenvalue weighted by Gasteiger charge is -2.14. The molecule has 1 atom stereocenters. The van der Waals surface area contributed by atoms with Crippen LogP contribution in [0.5, 0.6) is 11.5 Å². The van der Waals surface area contributed by atoms with E-state index in [-0.39, 0.29) is 30.5 Å². The Morgan fingerprint density at radius 2 is 1.88 bits per heavy atom. The summed E-state index contributed by atoms with van der Waals surface area (Å²) >= 11 is 1.30. The Morgan fingerprint density at radius 1 is 1.18 bits per heavy atom. The molecule has 2 heterocycles. The van der Waals surface area contributed by atoms with E-state index in [2.05, 4.69) is 5.32 Å². The standard InChI is InChI=1S/C22H22N2O9S/c1-3-30-22(27)18-12-6-4-5-7-17(12)34-20(18)23-19(25)11(2)33-21(26)13-8-15-16(32-10-31-15)9-14(13)24(28)29/h8-9,11H,3-7,10H2,1-2H3,(H,23,25). The smallest absolute Gasteiger partial charge is 0.346 e. The van der Waals surface area contributed by atoms with Gasteiger partial charge in [-0.05, 0) is 45.1 Å². The first-order chi connectivity index (χ1) is 16.3. The number of thiophene rings is 1. The lowest BCUT2D eigenvalue weighted by atomic mass is 9.95. The molecule has 0 fully saturated rings. The number of fused-ring (bicyclic) bond motifs is 2. The van der Waals surface area contributed by atoms with Crippen molar-refractivity contribution in [1.29, 1.82) is 0 Å². The van der Waals surface area contributed by atoms with E-state index in [1.807, 2.05) is 0 Å². The number of nitrogens with zero attached hydrogens (tertiary/aromatic N) is 1. The molecule has 0 spiro atoms. The van der Waals surface area contributed by atoms with Crippen LogP contribution in [0, 0.1) is 10.1 Å². The van der Waals surface area contributed by atoms with E-state index in [9.17, 15) is 24.5 Å². The van der Waals surface area contributed by atoms with Crippen LogP contribution in [0.4, 0.5) is 10.7 Å². The zero-order chi connectivity index (χ0) is 24.4. The molecule has 0 bridgehead atoms. The van der Waals surface area contributed by atoms with Gasteiger partial charge in [-0.1, -0.05) is 0 Å². The third kappa shape index (κ3) is 4.53. The molecule has 1 amide bonds. The lowest BCUT2D eigenvalue weighted by molar-refractivity contribution is -0.385. The predicted molar refractivity (Wildman–Crippen MR) is 120 cm³/mol. The van der Waals surface area contributed by atoms with Crippen molar-refractivity contribution in [3.8, 4) is 11.5 Å². The summed E-state index contributed by atoms with van der Waals surface area (Å²) in [7, 11) is 0. The van der Waals surface area contributed by atoms with Gasteiger partial charge >= 0.3 is 11.9 Å². The Kier molecular flexibility index (Phi) is 6.68. The first-order valence-corrected chi connectivity index (χ1v) is 11.5. The topological polar surface area (TPSA) is 143 Å². The average Bonchev–Trinajstić information content (AvgIpc) is 3.41. The van der Waals surface area contributed by atoms with Crippen LogP contribution in [0.15, 0.2) is 12.1 Å². The Morgan fingerprint density at radius 3 is 2.59 bits per heavy atom. The van der Waals surface area contributed by atoms with Crippen molar-refractivity contribution in [1.82, 2.24) is 0 Å². The highest BCUT2D eigenvalue weighted by Crippen LogP contribution is 2.40. The average molecular weight is 490 g/mol. The third-order valence-corrected chi connectivity index (χ3v) is 6.66. The fraction of sp³-hybridized carbons (Fsp3) is 0.409. The van der Waals surface area contributed by atoms with Gasteiger partial charge in [0.05, 0.1) is 23.2 Å². The number of carbonyl (C=O) groups is 3. The number of carbonyl (C=O) groups excluding carboxylic acids is 3. The number of ether oxygens (including phenoxy) is 4. The number of amides is 1. The van der Waals surface area contributed by atoms with E-state index in [1.165, 1.54) is 18.3 Å². The minimum absolute atomic E-state index is 0.128. The normalized spacial score (nSPS) is 14.6. The number of rotatable bonds is 7. The summed E-state index contributed by atoms with van der Waals surface area (Å²) in [5.74, 6) is -1.96. The van der Waals surface area contributed by atoms with Crippen molar-refractivity contribution >= 4 is 39.9 Å². The van der Waals surface area contributed by atoms with E-state index in [4.69, 9.17) is 18.9 Å². The monoisotopic (exact) mass is 490 g/mol. The van der Waals surface area contributed by atoms with E-state index < -0.39 is 34.6 Å².